The third-order valence-electron chi connectivity index (χ3n) is 4.73. The maximum absolute atomic E-state index is 12.6. The summed E-state index contributed by atoms with van der Waals surface area (Å²) >= 11 is 0. The van der Waals surface area contributed by atoms with E-state index in [0.717, 1.165) is 0 Å². The van der Waals surface area contributed by atoms with Crippen LogP contribution in [-0.2, 0) is 19.2 Å². The fraction of sp³-hybridized carbons (Fsp3) is 0.474. The van der Waals surface area contributed by atoms with E-state index >= 15 is 0 Å². The molecule has 0 aliphatic carbocycles. The minimum atomic E-state index is -0.891. The molecule has 162 valence electrons. The molecule has 0 radical (unpaired) electrons. The molecule has 0 aromatic heterocycles. The molecule has 2 rings (SSSR count). The highest BCUT2D eigenvalue weighted by molar-refractivity contribution is 5.98. The van der Waals surface area contributed by atoms with Crippen molar-refractivity contribution in [1.29, 1.82) is 0 Å². The molecule has 1 saturated heterocycles. The van der Waals surface area contributed by atoms with E-state index in [1.54, 1.807) is 6.92 Å². The molecule has 11 nitrogen and oxygen atoms in total. The van der Waals surface area contributed by atoms with Crippen LogP contribution < -0.4 is 16.0 Å². The van der Waals surface area contributed by atoms with E-state index in [9.17, 15) is 29.3 Å². The second kappa shape index (κ2) is 9.81. The number of nitrogens with zero attached hydrogens (tertiary/aromatic N) is 2. The van der Waals surface area contributed by atoms with Crippen molar-refractivity contribution in [2.45, 2.75) is 51.7 Å². The van der Waals surface area contributed by atoms with Gasteiger partial charge in [0.15, 0.2) is 0 Å². The Hall–Kier alpha value is -3.50. The van der Waals surface area contributed by atoms with Crippen molar-refractivity contribution < 1.29 is 24.1 Å². The van der Waals surface area contributed by atoms with Crippen LogP contribution in [0, 0.1) is 10.1 Å². The van der Waals surface area contributed by atoms with E-state index in [-0.39, 0.29) is 17.5 Å². The third kappa shape index (κ3) is 5.75. The van der Waals surface area contributed by atoms with E-state index in [0.29, 0.717) is 25.1 Å². The van der Waals surface area contributed by atoms with Crippen LogP contribution in [0.5, 0.6) is 0 Å². The number of carbonyl (C=O) groups excluding carboxylic acids is 4. The molecule has 1 fully saturated rings. The molecule has 1 aromatic carbocycles. The van der Waals surface area contributed by atoms with Crippen molar-refractivity contribution in [1.82, 2.24) is 15.5 Å². The van der Waals surface area contributed by atoms with Crippen LogP contribution >= 0.6 is 0 Å². The van der Waals surface area contributed by atoms with Gasteiger partial charge in [0.25, 0.3) is 5.69 Å². The molecule has 11 heteroatoms. The summed E-state index contributed by atoms with van der Waals surface area (Å²) in [5.41, 5.74) is 0.252. The number of nitro groups is 1. The molecule has 3 atom stereocenters. The Labute approximate surface area is 173 Å². The minimum Gasteiger partial charge on any atom is -0.345 e. The molecule has 1 heterocycles. The monoisotopic (exact) mass is 419 g/mol. The molecule has 3 N–H and O–H groups in total. The van der Waals surface area contributed by atoms with Crippen LogP contribution in [0.3, 0.4) is 0 Å². The van der Waals surface area contributed by atoms with Crippen LogP contribution in [0.15, 0.2) is 24.3 Å². The van der Waals surface area contributed by atoms with Crippen molar-refractivity contribution >= 4 is 35.0 Å². The molecule has 1 aromatic rings. The summed E-state index contributed by atoms with van der Waals surface area (Å²) < 4.78 is 0. The van der Waals surface area contributed by atoms with Crippen LogP contribution in [0.2, 0.25) is 0 Å². The van der Waals surface area contributed by atoms with Crippen molar-refractivity contribution in [3.05, 3.63) is 34.4 Å². The number of nitrogens with one attached hydrogen (secondary N) is 3. The zero-order valence-electron chi connectivity index (χ0n) is 17.0. The van der Waals surface area contributed by atoms with Crippen LogP contribution in [0.1, 0.15) is 33.6 Å². The predicted molar refractivity (Wildman–Crippen MR) is 107 cm³/mol. The highest BCUT2D eigenvalue weighted by atomic mass is 16.6. The molecular formula is C19H25N5O6. The number of anilines is 1. The number of nitro benzene ring substituents is 1. The molecule has 0 unspecified atom stereocenters. The van der Waals surface area contributed by atoms with Gasteiger partial charge >= 0.3 is 0 Å². The van der Waals surface area contributed by atoms with E-state index < -0.39 is 34.9 Å². The first-order valence-electron chi connectivity index (χ1n) is 9.53. The van der Waals surface area contributed by atoms with Crippen molar-refractivity contribution in [3.8, 4) is 0 Å². The van der Waals surface area contributed by atoms with Crippen LogP contribution in [0.25, 0.3) is 0 Å². The summed E-state index contributed by atoms with van der Waals surface area (Å²) in [5.74, 6) is -1.65. The summed E-state index contributed by atoms with van der Waals surface area (Å²) in [7, 11) is 0. The Morgan fingerprint density at radius 2 is 1.73 bits per heavy atom. The number of rotatable bonds is 7. The Morgan fingerprint density at radius 3 is 2.30 bits per heavy atom. The second-order valence-electron chi connectivity index (χ2n) is 7.14. The zero-order chi connectivity index (χ0) is 22.4. The summed E-state index contributed by atoms with van der Waals surface area (Å²) in [6.45, 7) is 4.75. The summed E-state index contributed by atoms with van der Waals surface area (Å²) in [5, 5.41) is 18.4. The number of hydrogen-bond donors (Lipinski definition) is 3. The smallest absolute Gasteiger partial charge is 0.269 e. The quantitative estimate of drug-likeness (QED) is 0.434. The van der Waals surface area contributed by atoms with Gasteiger partial charge in [0, 0.05) is 31.3 Å². The SMILES string of the molecule is CC(=O)N[C@H](C)C(=O)N1CCC[C@@H]1C(=O)N[C@@H](C)C(=O)Nc1ccc([N+](=O)[O-])cc1. The molecule has 1 aliphatic heterocycles. The lowest BCUT2D eigenvalue weighted by Gasteiger charge is -2.27. The Balaban J connectivity index is 1.94. The van der Waals surface area contributed by atoms with Crippen LogP contribution in [0.4, 0.5) is 11.4 Å². The van der Waals surface area contributed by atoms with E-state index in [1.807, 2.05) is 0 Å². The zero-order valence-corrected chi connectivity index (χ0v) is 17.0. The summed E-state index contributed by atoms with van der Waals surface area (Å²) in [4.78, 5) is 60.2. The lowest BCUT2D eigenvalue weighted by molar-refractivity contribution is -0.384. The average molecular weight is 419 g/mol. The maximum Gasteiger partial charge on any atom is 0.269 e. The van der Waals surface area contributed by atoms with Crippen molar-refractivity contribution in [2.24, 2.45) is 0 Å². The van der Waals surface area contributed by atoms with E-state index in [2.05, 4.69) is 16.0 Å². The van der Waals surface area contributed by atoms with Gasteiger partial charge in [-0.1, -0.05) is 0 Å². The first kappa shape index (κ1) is 22.8. The predicted octanol–water partition coefficient (Wildman–Crippen LogP) is 0.554. The van der Waals surface area contributed by atoms with Gasteiger partial charge in [-0.05, 0) is 38.8 Å². The number of benzene rings is 1. The summed E-state index contributed by atoms with van der Waals surface area (Å²) in [6.07, 6.45) is 1.10. The standard InChI is InChI=1S/C19H25N5O6/c1-11(17(26)22-14-6-8-15(9-7-14)24(29)30)21-18(27)16-5-4-10-23(16)19(28)12(2)20-13(3)25/h6-9,11-12,16H,4-5,10H2,1-3H3,(H,20,25)(H,21,27)(H,22,26)/t11-,12+,16+/m0/s1. The van der Waals surface area contributed by atoms with E-state index in [4.69, 9.17) is 0 Å². The van der Waals surface area contributed by atoms with Gasteiger partial charge in [-0.25, -0.2) is 0 Å². The minimum absolute atomic E-state index is 0.103. The molecule has 0 bridgehead atoms. The number of likely N-dealkylation sites (tertiary alicyclic amines) is 1. The Morgan fingerprint density at radius 1 is 1.10 bits per heavy atom. The van der Waals surface area contributed by atoms with Gasteiger partial charge in [0.05, 0.1) is 4.92 Å². The summed E-state index contributed by atoms with van der Waals surface area (Å²) in [6, 6.07) is 2.95. The van der Waals surface area contributed by atoms with Gasteiger partial charge in [-0.15, -0.1) is 0 Å². The van der Waals surface area contributed by atoms with Gasteiger partial charge in [0.2, 0.25) is 23.6 Å². The molecular weight excluding hydrogens is 394 g/mol. The average Bonchev–Trinajstić information content (AvgIpc) is 3.17. The highest BCUT2D eigenvalue weighted by Crippen LogP contribution is 2.19. The molecule has 1 aliphatic rings. The van der Waals surface area contributed by atoms with Crippen molar-refractivity contribution in [3.63, 3.8) is 0 Å². The first-order chi connectivity index (χ1) is 14.1. The largest absolute Gasteiger partial charge is 0.345 e. The molecule has 0 spiro atoms. The molecule has 0 saturated carbocycles. The lowest BCUT2D eigenvalue weighted by atomic mass is 10.1. The number of non-ortho nitro benzene ring substituents is 1. The Bertz CT molecular complexity index is 840. The van der Waals surface area contributed by atoms with Gasteiger partial charge in [-0.3, -0.25) is 29.3 Å². The highest BCUT2D eigenvalue weighted by Gasteiger charge is 2.37. The topological polar surface area (TPSA) is 151 Å². The normalized spacial score (nSPS) is 17.6. The Kier molecular flexibility index (Phi) is 7.45. The van der Waals surface area contributed by atoms with Crippen LogP contribution in [-0.4, -0.2) is 58.1 Å². The maximum atomic E-state index is 12.6. The van der Waals surface area contributed by atoms with Gasteiger partial charge in [0.1, 0.15) is 18.1 Å². The molecule has 4 amide bonds. The number of carbonyl (C=O) groups is 4. The van der Waals surface area contributed by atoms with E-state index in [1.165, 1.54) is 43.0 Å². The first-order valence-corrected chi connectivity index (χ1v) is 9.53. The number of hydrogen-bond acceptors (Lipinski definition) is 6. The fourth-order valence-electron chi connectivity index (χ4n) is 3.21. The van der Waals surface area contributed by atoms with Gasteiger partial charge < -0.3 is 20.9 Å². The third-order valence-corrected chi connectivity index (χ3v) is 4.73. The van der Waals surface area contributed by atoms with Gasteiger partial charge in [-0.2, -0.15) is 0 Å². The fourth-order valence-corrected chi connectivity index (χ4v) is 3.21. The molecule has 30 heavy (non-hydrogen) atoms. The number of amides is 4. The lowest BCUT2D eigenvalue weighted by Crippen LogP contribution is -2.54. The van der Waals surface area contributed by atoms with Crippen molar-refractivity contribution in [2.75, 3.05) is 11.9 Å². The second-order valence-corrected chi connectivity index (χ2v) is 7.14.